The van der Waals surface area contributed by atoms with Gasteiger partial charge in [-0.15, -0.1) is 0 Å². The number of aliphatic hydroxyl groups is 1. The van der Waals surface area contributed by atoms with Crippen molar-refractivity contribution in [1.82, 2.24) is 0 Å². The topological polar surface area (TPSA) is 72.8 Å². The average molecular weight is 707 g/mol. The van der Waals surface area contributed by atoms with Crippen molar-refractivity contribution in [2.75, 3.05) is 13.2 Å². The standard InChI is InChI=1S/C45H86O5/c1-3-5-7-9-11-13-15-17-19-20-21-22-23-24-25-26-28-29-31-33-35-37-39-44(47)49-42-43(41-46)50-45(48)40-38-36-34-32-30-27-18-16-14-12-10-8-6-4-2/h16,18,43,46H,3-15,17,19-42H2,1-2H3/b18-16+/t43-/m0/s1. The SMILES string of the molecule is CCCCCCC/C=C/CCCCCCCC(=O)O[C@@H](CO)COC(=O)CCCCCCCCCCCCCCCCCCCCCCCC. The Labute approximate surface area is 311 Å². The van der Waals surface area contributed by atoms with Gasteiger partial charge in [-0.3, -0.25) is 9.59 Å². The second-order valence-corrected chi connectivity index (χ2v) is 15.1. The van der Waals surface area contributed by atoms with E-state index in [1.54, 1.807) is 0 Å². The third-order valence-electron chi connectivity index (χ3n) is 10.1. The second kappa shape index (κ2) is 42.1. The van der Waals surface area contributed by atoms with Gasteiger partial charge in [-0.2, -0.15) is 0 Å². The van der Waals surface area contributed by atoms with Crippen LogP contribution in [0.15, 0.2) is 12.2 Å². The third kappa shape index (κ3) is 39.4. The molecule has 0 aromatic rings. The molecule has 0 aromatic carbocycles. The molecular formula is C45H86O5. The highest BCUT2D eigenvalue weighted by molar-refractivity contribution is 5.70. The Morgan fingerprint density at radius 2 is 0.740 bits per heavy atom. The van der Waals surface area contributed by atoms with Crippen molar-refractivity contribution in [3.05, 3.63) is 12.2 Å². The summed E-state index contributed by atoms with van der Waals surface area (Å²) in [6.07, 6.45) is 48.6. The molecule has 0 aliphatic rings. The Hall–Kier alpha value is -1.36. The first-order chi connectivity index (χ1) is 24.6. The molecule has 5 nitrogen and oxygen atoms in total. The number of carbonyl (C=O) groups excluding carboxylic acids is 2. The minimum atomic E-state index is -0.769. The average Bonchev–Trinajstić information content (AvgIpc) is 3.12. The number of allylic oxidation sites excluding steroid dienone is 2. The number of carbonyl (C=O) groups is 2. The highest BCUT2D eigenvalue weighted by Gasteiger charge is 2.16. The number of hydrogen-bond donors (Lipinski definition) is 1. The van der Waals surface area contributed by atoms with E-state index in [9.17, 15) is 14.7 Å². The third-order valence-corrected chi connectivity index (χ3v) is 10.1. The van der Waals surface area contributed by atoms with E-state index in [0.29, 0.717) is 12.8 Å². The summed E-state index contributed by atoms with van der Waals surface area (Å²) >= 11 is 0. The molecular weight excluding hydrogens is 620 g/mol. The highest BCUT2D eigenvalue weighted by atomic mass is 16.6. The zero-order valence-electron chi connectivity index (χ0n) is 33.7. The first-order valence-corrected chi connectivity index (χ1v) is 22.2. The van der Waals surface area contributed by atoms with E-state index < -0.39 is 6.10 Å². The monoisotopic (exact) mass is 707 g/mol. The fourth-order valence-corrected chi connectivity index (χ4v) is 6.67. The Balaban J connectivity index is 3.46. The number of unbranched alkanes of at least 4 members (excludes halogenated alkanes) is 31. The molecule has 50 heavy (non-hydrogen) atoms. The lowest BCUT2D eigenvalue weighted by molar-refractivity contribution is -0.161. The summed E-state index contributed by atoms with van der Waals surface area (Å²) in [5.74, 6) is -0.587. The van der Waals surface area contributed by atoms with Gasteiger partial charge in [0.1, 0.15) is 6.61 Å². The maximum absolute atomic E-state index is 12.2. The molecule has 0 rings (SSSR count). The van der Waals surface area contributed by atoms with Crippen molar-refractivity contribution in [2.45, 2.75) is 251 Å². The summed E-state index contributed by atoms with van der Waals surface area (Å²) in [5, 5.41) is 9.57. The van der Waals surface area contributed by atoms with Crippen LogP contribution in [0.2, 0.25) is 0 Å². The van der Waals surface area contributed by atoms with E-state index in [4.69, 9.17) is 9.47 Å². The van der Waals surface area contributed by atoms with Crippen LogP contribution in [-0.2, 0) is 19.1 Å². The highest BCUT2D eigenvalue weighted by Crippen LogP contribution is 2.16. The van der Waals surface area contributed by atoms with Gasteiger partial charge < -0.3 is 14.6 Å². The lowest BCUT2D eigenvalue weighted by Gasteiger charge is -2.15. The number of esters is 2. The fourth-order valence-electron chi connectivity index (χ4n) is 6.67. The first-order valence-electron chi connectivity index (χ1n) is 22.2. The maximum atomic E-state index is 12.2. The van der Waals surface area contributed by atoms with Gasteiger partial charge in [0.2, 0.25) is 0 Å². The summed E-state index contributed by atoms with van der Waals surface area (Å²) in [6, 6.07) is 0. The molecule has 0 heterocycles. The molecule has 0 bridgehead atoms. The van der Waals surface area contributed by atoms with Gasteiger partial charge in [0.25, 0.3) is 0 Å². The van der Waals surface area contributed by atoms with Gasteiger partial charge >= 0.3 is 11.9 Å². The van der Waals surface area contributed by atoms with Crippen molar-refractivity contribution in [2.24, 2.45) is 0 Å². The summed E-state index contributed by atoms with van der Waals surface area (Å²) in [4.78, 5) is 24.3. The molecule has 0 radical (unpaired) electrons. The number of hydrogen-bond acceptors (Lipinski definition) is 5. The zero-order valence-corrected chi connectivity index (χ0v) is 33.7. The van der Waals surface area contributed by atoms with Crippen molar-refractivity contribution in [1.29, 1.82) is 0 Å². The van der Waals surface area contributed by atoms with Crippen LogP contribution in [0.5, 0.6) is 0 Å². The second-order valence-electron chi connectivity index (χ2n) is 15.1. The molecule has 1 atom stereocenters. The van der Waals surface area contributed by atoms with Crippen molar-refractivity contribution in [3.8, 4) is 0 Å². The Bertz CT molecular complexity index is 720. The molecule has 0 saturated heterocycles. The van der Waals surface area contributed by atoms with Gasteiger partial charge in [0, 0.05) is 12.8 Å². The van der Waals surface area contributed by atoms with E-state index in [0.717, 1.165) is 38.5 Å². The lowest BCUT2D eigenvalue weighted by atomic mass is 10.0. The van der Waals surface area contributed by atoms with Crippen LogP contribution in [0, 0.1) is 0 Å². The van der Waals surface area contributed by atoms with E-state index >= 15 is 0 Å². The largest absolute Gasteiger partial charge is 0.462 e. The normalized spacial score (nSPS) is 12.1. The Morgan fingerprint density at radius 1 is 0.440 bits per heavy atom. The summed E-state index contributed by atoms with van der Waals surface area (Å²) < 4.78 is 10.6. The van der Waals surface area contributed by atoms with Gasteiger partial charge in [-0.1, -0.05) is 206 Å². The molecule has 0 aliphatic heterocycles. The number of ether oxygens (including phenoxy) is 2. The molecule has 0 aromatic heterocycles. The first kappa shape index (κ1) is 48.6. The van der Waals surface area contributed by atoms with Crippen LogP contribution in [0.4, 0.5) is 0 Å². The van der Waals surface area contributed by atoms with Gasteiger partial charge in [0.15, 0.2) is 6.10 Å². The van der Waals surface area contributed by atoms with Gasteiger partial charge in [-0.05, 0) is 38.5 Å². The summed E-state index contributed by atoms with van der Waals surface area (Å²) in [6.45, 7) is 4.15. The minimum Gasteiger partial charge on any atom is -0.462 e. The predicted molar refractivity (Wildman–Crippen MR) is 215 cm³/mol. The van der Waals surface area contributed by atoms with E-state index in [1.165, 1.54) is 180 Å². The Kier molecular flexibility index (Phi) is 40.9. The van der Waals surface area contributed by atoms with Crippen LogP contribution in [0.1, 0.15) is 245 Å². The minimum absolute atomic E-state index is 0.0629. The van der Waals surface area contributed by atoms with Crippen LogP contribution < -0.4 is 0 Å². The lowest BCUT2D eigenvalue weighted by Crippen LogP contribution is -2.28. The van der Waals surface area contributed by atoms with E-state index in [-0.39, 0.29) is 25.2 Å². The predicted octanol–water partition coefficient (Wildman–Crippen LogP) is 14.1. The number of rotatable bonds is 41. The molecule has 5 heteroatoms. The quantitative estimate of drug-likeness (QED) is 0.0389. The van der Waals surface area contributed by atoms with Crippen LogP contribution in [0.25, 0.3) is 0 Å². The molecule has 0 spiro atoms. The van der Waals surface area contributed by atoms with E-state index in [2.05, 4.69) is 26.0 Å². The molecule has 0 fully saturated rings. The Morgan fingerprint density at radius 3 is 1.08 bits per heavy atom. The van der Waals surface area contributed by atoms with Crippen molar-refractivity contribution < 1.29 is 24.2 Å². The summed E-state index contributed by atoms with van der Waals surface area (Å²) in [5.41, 5.74) is 0. The molecule has 1 N–H and O–H groups in total. The number of aliphatic hydroxyl groups excluding tert-OH is 1. The smallest absolute Gasteiger partial charge is 0.306 e. The van der Waals surface area contributed by atoms with Gasteiger partial charge in [0.05, 0.1) is 6.61 Å². The van der Waals surface area contributed by atoms with Crippen molar-refractivity contribution >= 4 is 11.9 Å². The van der Waals surface area contributed by atoms with Gasteiger partial charge in [-0.25, -0.2) is 0 Å². The molecule has 0 unspecified atom stereocenters. The van der Waals surface area contributed by atoms with E-state index in [1.807, 2.05) is 0 Å². The fraction of sp³-hybridized carbons (Fsp3) is 0.911. The maximum Gasteiger partial charge on any atom is 0.306 e. The van der Waals surface area contributed by atoms with Crippen molar-refractivity contribution in [3.63, 3.8) is 0 Å². The zero-order chi connectivity index (χ0) is 36.4. The van der Waals surface area contributed by atoms with Crippen LogP contribution in [0.3, 0.4) is 0 Å². The van der Waals surface area contributed by atoms with Crippen LogP contribution in [-0.4, -0.2) is 36.4 Å². The molecule has 296 valence electrons. The molecule has 0 amide bonds. The molecule has 0 aliphatic carbocycles. The summed E-state index contributed by atoms with van der Waals surface area (Å²) in [7, 11) is 0. The molecule has 0 saturated carbocycles. The van der Waals surface area contributed by atoms with Crippen LogP contribution >= 0.6 is 0 Å².